The summed E-state index contributed by atoms with van der Waals surface area (Å²) in [5.41, 5.74) is 5.92. The molecule has 19 heavy (non-hydrogen) atoms. The van der Waals surface area contributed by atoms with Crippen LogP contribution in [0.3, 0.4) is 0 Å². The van der Waals surface area contributed by atoms with Gasteiger partial charge in [0.05, 0.1) is 0 Å². The van der Waals surface area contributed by atoms with Crippen LogP contribution in [0, 0.1) is 0 Å². The van der Waals surface area contributed by atoms with Gasteiger partial charge in [-0.3, -0.25) is 0 Å². The van der Waals surface area contributed by atoms with Crippen molar-refractivity contribution in [2.24, 2.45) is 5.73 Å². The Hall–Kier alpha value is -1.36. The zero-order valence-corrected chi connectivity index (χ0v) is 11.9. The van der Waals surface area contributed by atoms with Crippen LogP contribution in [0.15, 0.2) is 12.4 Å². The Kier molecular flexibility index (Phi) is 4.96. The van der Waals surface area contributed by atoms with Crippen LogP contribution < -0.4 is 16.4 Å². The SMILES string of the molecule is CCC(C)Nc1cc(NC2CCC(N)CC2)ncn1. The zero-order chi connectivity index (χ0) is 13.7. The summed E-state index contributed by atoms with van der Waals surface area (Å²) in [7, 11) is 0. The fourth-order valence-electron chi connectivity index (χ4n) is 2.34. The van der Waals surface area contributed by atoms with Gasteiger partial charge in [0.15, 0.2) is 0 Å². The molecule has 1 unspecified atom stereocenters. The Morgan fingerprint density at radius 1 is 1.26 bits per heavy atom. The fourth-order valence-corrected chi connectivity index (χ4v) is 2.34. The minimum atomic E-state index is 0.381. The predicted octanol–water partition coefficient (Wildman–Crippen LogP) is 2.37. The van der Waals surface area contributed by atoms with E-state index in [0.29, 0.717) is 18.1 Å². The molecule has 1 heterocycles. The van der Waals surface area contributed by atoms with E-state index in [1.165, 1.54) is 0 Å². The van der Waals surface area contributed by atoms with Crippen molar-refractivity contribution < 1.29 is 0 Å². The first kappa shape index (κ1) is 14.1. The highest BCUT2D eigenvalue weighted by Gasteiger charge is 2.18. The van der Waals surface area contributed by atoms with Crippen LogP contribution in [0.4, 0.5) is 11.6 Å². The molecule has 5 heteroatoms. The van der Waals surface area contributed by atoms with E-state index in [2.05, 4.69) is 34.4 Å². The molecule has 1 aliphatic carbocycles. The van der Waals surface area contributed by atoms with Crippen molar-refractivity contribution in [1.82, 2.24) is 9.97 Å². The molecule has 1 saturated carbocycles. The maximum Gasteiger partial charge on any atom is 0.131 e. The molecule has 1 aromatic heterocycles. The van der Waals surface area contributed by atoms with Crippen molar-refractivity contribution in [3.63, 3.8) is 0 Å². The normalized spacial score (nSPS) is 24.8. The first-order chi connectivity index (χ1) is 9.17. The second-order valence-electron chi connectivity index (χ2n) is 5.50. The summed E-state index contributed by atoms with van der Waals surface area (Å²) in [5, 5.41) is 6.85. The van der Waals surface area contributed by atoms with Crippen LogP contribution in [0.25, 0.3) is 0 Å². The Morgan fingerprint density at radius 2 is 1.95 bits per heavy atom. The minimum absolute atomic E-state index is 0.381. The second kappa shape index (κ2) is 6.70. The topological polar surface area (TPSA) is 75.9 Å². The number of hydrogen-bond acceptors (Lipinski definition) is 5. The van der Waals surface area contributed by atoms with Gasteiger partial charge in [-0.05, 0) is 39.0 Å². The zero-order valence-electron chi connectivity index (χ0n) is 11.9. The molecule has 1 fully saturated rings. The molecule has 0 bridgehead atoms. The third-order valence-corrected chi connectivity index (χ3v) is 3.80. The lowest BCUT2D eigenvalue weighted by Crippen LogP contribution is -2.33. The molecule has 1 atom stereocenters. The molecular weight excluding hydrogens is 238 g/mol. The number of hydrogen-bond donors (Lipinski definition) is 3. The molecule has 0 aliphatic heterocycles. The molecule has 106 valence electrons. The Balaban J connectivity index is 1.91. The largest absolute Gasteiger partial charge is 0.367 e. The van der Waals surface area contributed by atoms with Crippen molar-refractivity contribution >= 4 is 11.6 Å². The highest BCUT2D eigenvalue weighted by atomic mass is 15.1. The standard InChI is InChI=1S/C14H25N5/c1-3-10(2)18-13-8-14(17-9-16-13)19-12-6-4-11(15)5-7-12/h8-12H,3-7,15H2,1-2H3,(H2,16,17,18,19). The van der Waals surface area contributed by atoms with Crippen LogP contribution in [0.1, 0.15) is 46.0 Å². The van der Waals surface area contributed by atoms with Gasteiger partial charge in [0.2, 0.25) is 0 Å². The van der Waals surface area contributed by atoms with Gasteiger partial charge in [-0.1, -0.05) is 6.92 Å². The number of anilines is 2. The highest BCUT2D eigenvalue weighted by Crippen LogP contribution is 2.21. The predicted molar refractivity (Wildman–Crippen MR) is 79.3 cm³/mol. The molecule has 0 saturated heterocycles. The van der Waals surface area contributed by atoms with Gasteiger partial charge in [0, 0.05) is 24.2 Å². The van der Waals surface area contributed by atoms with Crippen LogP contribution in [0.5, 0.6) is 0 Å². The third-order valence-electron chi connectivity index (χ3n) is 3.80. The maximum atomic E-state index is 5.92. The molecule has 4 N–H and O–H groups in total. The summed E-state index contributed by atoms with van der Waals surface area (Å²) < 4.78 is 0. The monoisotopic (exact) mass is 263 g/mol. The van der Waals surface area contributed by atoms with Gasteiger partial charge in [-0.15, -0.1) is 0 Å². The van der Waals surface area contributed by atoms with Crippen molar-refractivity contribution in [3.8, 4) is 0 Å². The van der Waals surface area contributed by atoms with Crippen LogP contribution in [0.2, 0.25) is 0 Å². The van der Waals surface area contributed by atoms with E-state index < -0.39 is 0 Å². The minimum Gasteiger partial charge on any atom is -0.367 e. The first-order valence-corrected chi connectivity index (χ1v) is 7.28. The number of nitrogens with zero attached hydrogens (tertiary/aromatic N) is 2. The maximum absolute atomic E-state index is 5.92. The smallest absolute Gasteiger partial charge is 0.131 e. The van der Waals surface area contributed by atoms with Crippen molar-refractivity contribution in [1.29, 1.82) is 0 Å². The second-order valence-corrected chi connectivity index (χ2v) is 5.50. The van der Waals surface area contributed by atoms with Crippen molar-refractivity contribution in [2.75, 3.05) is 10.6 Å². The van der Waals surface area contributed by atoms with Crippen molar-refractivity contribution in [2.45, 2.75) is 64.1 Å². The van der Waals surface area contributed by atoms with E-state index in [4.69, 9.17) is 5.73 Å². The first-order valence-electron chi connectivity index (χ1n) is 7.28. The fraction of sp³-hybridized carbons (Fsp3) is 0.714. The lowest BCUT2D eigenvalue weighted by atomic mass is 9.92. The van der Waals surface area contributed by atoms with Gasteiger partial charge in [0.25, 0.3) is 0 Å². The van der Waals surface area contributed by atoms with Gasteiger partial charge >= 0.3 is 0 Å². The summed E-state index contributed by atoms with van der Waals surface area (Å²) in [5.74, 6) is 1.79. The number of aromatic nitrogens is 2. The molecule has 1 aromatic rings. The lowest BCUT2D eigenvalue weighted by Gasteiger charge is -2.27. The molecule has 5 nitrogen and oxygen atoms in total. The van der Waals surface area contributed by atoms with Gasteiger partial charge < -0.3 is 16.4 Å². The molecule has 0 aromatic carbocycles. The summed E-state index contributed by atoms with van der Waals surface area (Å²) in [6.45, 7) is 4.31. The van der Waals surface area contributed by atoms with E-state index >= 15 is 0 Å². The number of rotatable bonds is 5. The molecule has 0 radical (unpaired) electrons. The summed E-state index contributed by atoms with van der Waals surface area (Å²) >= 11 is 0. The third kappa shape index (κ3) is 4.35. The van der Waals surface area contributed by atoms with E-state index in [1.54, 1.807) is 6.33 Å². The van der Waals surface area contributed by atoms with Crippen LogP contribution in [-0.4, -0.2) is 28.1 Å². The average molecular weight is 263 g/mol. The van der Waals surface area contributed by atoms with E-state index in [-0.39, 0.29) is 0 Å². The van der Waals surface area contributed by atoms with Crippen LogP contribution in [-0.2, 0) is 0 Å². The van der Waals surface area contributed by atoms with Gasteiger partial charge in [-0.2, -0.15) is 0 Å². The highest BCUT2D eigenvalue weighted by molar-refractivity contribution is 5.47. The Morgan fingerprint density at radius 3 is 2.63 bits per heavy atom. The average Bonchev–Trinajstić information content (AvgIpc) is 2.42. The number of nitrogens with two attached hydrogens (primary N) is 1. The molecule has 0 spiro atoms. The lowest BCUT2D eigenvalue weighted by molar-refractivity contribution is 0.410. The Labute approximate surface area is 115 Å². The summed E-state index contributed by atoms with van der Waals surface area (Å²) in [6, 6.07) is 3.29. The van der Waals surface area contributed by atoms with Gasteiger partial charge in [0.1, 0.15) is 18.0 Å². The van der Waals surface area contributed by atoms with E-state index in [1.807, 2.05) is 6.07 Å². The van der Waals surface area contributed by atoms with Gasteiger partial charge in [-0.25, -0.2) is 9.97 Å². The molecule has 2 rings (SSSR count). The quantitative estimate of drug-likeness (QED) is 0.760. The summed E-state index contributed by atoms with van der Waals surface area (Å²) in [4.78, 5) is 8.54. The molecule has 1 aliphatic rings. The number of nitrogens with one attached hydrogen (secondary N) is 2. The van der Waals surface area contributed by atoms with E-state index in [0.717, 1.165) is 43.7 Å². The molecular formula is C14H25N5. The summed E-state index contributed by atoms with van der Waals surface area (Å²) in [6.07, 6.45) is 7.13. The van der Waals surface area contributed by atoms with Crippen LogP contribution >= 0.6 is 0 Å². The Bertz CT molecular complexity index is 387. The molecule has 0 amide bonds. The van der Waals surface area contributed by atoms with Crippen molar-refractivity contribution in [3.05, 3.63) is 12.4 Å². The van der Waals surface area contributed by atoms with E-state index in [9.17, 15) is 0 Å².